The number of nitrogens with zero attached hydrogens (tertiary/aromatic N) is 4. The van der Waals surface area contributed by atoms with E-state index in [0.29, 0.717) is 6.54 Å². The molecule has 1 aromatic heterocycles. The number of rotatable bonds is 3. The molecule has 0 aliphatic heterocycles. The van der Waals surface area contributed by atoms with Gasteiger partial charge in [0.1, 0.15) is 5.69 Å². The maximum Gasteiger partial charge on any atom is 0.332 e. The van der Waals surface area contributed by atoms with Crippen LogP contribution in [0, 0.1) is 22.5 Å². The van der Waals surface area contributed by atoms with Crippen molar-refractivity contribution in [1.29, 1.82) is 0 Å². The van der Waals surface area contributed by atoms with Crippen molar-refractivity contribution in [1.82, 2.24) is 9.97 Å². The van der Waals surface area contributed by atoms with Gasteiger partial charge in [-0.05, 0) is 12.3 Å². The molecular weight excluding hydrogens is 234 g/mol. The molecule has 1 rings (SSSR count). The minimum Gasteiger partial charge on any atom is -0.368 e. The van der Waals surface area contributed by atoms with Crippen LogP contribution in [0.3, 0.4) is 0 Å². The van der Waals surface area contributed by atoms with E-state index in [4.69, 9.17) is 5.73 Å². The van der Waals surface area contributed by atoms with E-state index in [1.807, 2.05) is 20.8 Å². The van der Waals surface area contributed by atoms with Gasteiger partial charge in [-0.1, -0.05) is 20.8 Å². The largest absolute Gasteiger partial charge is 0.368 e. The van der Waals surface area contributed by atoms with E-state index >= 15 is 0 Å². The van der Waals surface area contributed by atoms with Crippen molar-refractivity contribution in [3.63, 3.8) is 0 Å². The lowest BCUT2D eigenvalue weighted by molar-refractivity contribution is -0.385. The van der Waals surface area contributed by atoms with E-state index in [0.717, 1.165) is 0 Å². The molecule has 0 aromatic carbocycles. The van der Waals surface area contributed by atoms with Crippen LogP contribution < -0.4 is 10.6 Å². The number of hydrogen-bond donors (Lipinski definition) is 1. The Kier molecular flexibility index (Phi) is 3.73. The van der Waals surface area contributed by atoms with E-state index in [2.05, 4.69) is 9.97 Å². The highest BCUT2D eigenvalue weighted by molar-refractivity contribution is 5.61. The predicted octanol–water partition coefficient (Wildman–Crippen LogP) is 1.76. The molecular formula is C11H19N5O2. The summed E-state index contributed by atoms with van der Waals surface area (Å²) < 4.78 is 0. The molecule has 0 saturated carbocycles. The third-order valence-electron chi connectivity index (χ3n) is 2.31. The fourth-order valence-corrected chi connectivity index (χ4v) is 1.84. The molecule has 0 saturated heterocycles. The summed E-state index contributed by atoms with van der Waals surface area (Å²) in [7, 11) is 1.76. The van der Waals surface area contributed by atoms with E-state index in [1.165, 1.54) is 0 Å². The van der Waals surface area contributed by atoms with Gasteiger partial charge in [0.15, 0.2) is 0 Å². The first kappa shape index (κ1) is 14.1. The highest BCUT2D eigenvalue weighted by atomic mass is 16.6. The number of nitrogens with two attached hydrogens (primary N) is 1. The molecule has 0 unspecified atom stereocenters. The lowest BCUT2D eigenvalue weighted by Gasteiger charge is -2.27. The molecule has 1 aromatic rings. The van der Waals surface area contributed by atoms with Crippen LogP contribution in [0.4, 0.5) is 17.5 Å². The van der Waals surface area contributed by atoms with E-state index in [-0.39, 0.29) is 28.6 Å². The van der Waals surface area contributed by atoms with Crippen LogP contribution in [0.1, 0.15) is 26.5 Å². The Morgan fingerprint density at radius 3 is 2.39 bits per heavy atom. The summed E-state index contributed by atoms with van der Waals surface area (Å²) in [4.78, 5) is 20.2. The molecule has 0 spiro atoms. The Balaban J connectivity index is 3.26. The Bertz CT molecular complexity index is 467. The van der Waals surface area contributed by atoms with Crippen molar-refractivity contribution in [2.75, 3.05) is 24.2 Å². The Morgan fingerprint density at radius 2 is 1.94 bits per heavy atom. The summed E-state index contributed by atoms with van der Waals surface area (Å²) >= 11 is 0. The molecule has 7 nitrogen and oxygen atoms in total. The van der Waals surface area contributed by atoms with Gasteiger partial charge in [0.25, 0.3) is 0 Å². The number of aromatic nitrogens is 2. The van der Waals surface area contributed by atoms with E-state index in [1.54, 1.807) is 18.9 Å². The Labute approximate surface area is 106 Å². The van der Waals surface area contributed by atoms with Gasteiger partial charge in [0.2, 0.25) is 11.8 Å². The Morgan fingerprint density at radius 1 is 1.39 bits per heavy atom. The van der Waals surface area contributed by atoms with Crippen molar-refractivity contribution < 1.29 is 4.92 Å². The first-order valence-electron chi connectivity index (χ1n) is 5.61. The Hall–Kier alpha value is -1.92. The van der Waals surface area contributed by atoms with Crippen LogP contribution in [0.25, 0.3) is 0 Å². The number of nitro groups is 1. The second-order valence-corrected chi connectivity index (χ2v) is 5.51. The summed E-state index contributed by atoms with van der Waals surface area (Å²) in [5.74, 6) is 0.314. The quantitative estimate of drug-likeness (QED) is 0.651. The van der Waals surface area contributed by atoms with Crippen molar-refractivity contribution in [3.8, 4) is 0 Å². The molecule has 7 heteroatoms. The average Bonchev–Trinajstić information content (AvgIpc) is 2.12. The zero-order valence-electron chi connectivity index (χ0n) is 11.4. The highest BCUT2D eigenvalue weighted by Gasteiger charge is 2.26. The molecule has 18 heavy (non-hydrogen) atoms. The van der Waals surface area contributed by atoms with Gasteiger partial charge >= 0.3 is 5.69 Å². The number of nitrogen functional groups attached to an aromatic ring is 1. The third-order valence-corrected chi connectivity index (χ3v) is 2.31. The molecule has 100 valence electrons. The van der Waals surface area contributed by atoms with Gasteiger partial charge in [-0.3, -0.25) is 10.1 Å². The molecule has 1 heterocycles. The molecule has 0 aliphatic carbocycles. The van der Waals surface area contributed by atoms with Gasteiger partial charge in [-0.15, -0.1) is 0 Å². The SMILES string of the molecule is Cc1nc(N)nc(N(C)CC(C)(C)C)c1[N+](=O)[O-]. The molecule has 0 amide bonds. The van der Waals surface area contributed by atoms with E-state index in [9.17, 15) is 10.1 Å². The van der Waals surface area contributed by atoms with E-state index < -0.39 is 4.92 Å². The lowest BCUT2D eigenvalue weighted by Crippen LogP contribution is -2.30. The average molecular weight is 253 g/mol. The van der Waals surface area contributed by atoms with Crippen LogP contribution in [-0.2, 0) is 0 Å². The zero-order chi connectivity index (χ0) is 14.1. The van der Waals surface area contributed by atoms with Crippen molar-refractivity contribution in [2.24, 2.45) is 5.41 Å². The van der Waals surface area contributed by atoms with Crippen LogP contribution >= 0.6 is 0 Å². The molecule has 0 atom stereocenters. The number of aryl methyl sites for hydroxylation is 1. The second kappa shape index (κ2) is 4.75. The van der Waals surface area contributed by atoms with Crippen molar-refractivity contribution >= 4 is 17.5 Å². The molecule has 0 fully saturated rings. The third kappa shape index (κ3) is 3.28. The first-order chi connectivity index (χ1) is 8.11. The fourth-order valence-electron chi connectivity index (χ4n) is 1.84. The molecule has 0 radical (unpaired) electrons. The monoisotopic (exact) mass is 253 g/mol. The van der Waals surface area contributed by atoms with Crippen molar-refractivity contribution in [3.05, 3.63) is 15.8 Å². The van der Waals surface area contributed by atoms with Gasteiger partial charge in [0.05, 0.1) is 4.92 Å². The maximum absolute atomic E-state index is 11.1. The standard InChI is InChI=1S/C11H19N5O2/c1-7-8(16(17)18)9(14-10(12)13-7)15(5)6-11(2,3)4/h6H2,1-5H3,(H2,12,13,14). The van der Waals surface area contributed by atoms with Crippen LogP contribution in [0.5, 0.6) is 0 Å². The van der Waals surface area contributed by atoms with Gasteiger partial charge in [-0.2, -0.15) is 4.98 Å². The summed E-state index contributed by atoms with van der Waals surface area (Å²) in [6.45, 7) is 8.33. The summed E-state index contributed by atoms with van der Waals surface area (Å²) in [6, 6.07) is 0. The van der Waals surface area contributed by atoms with Gasteiger partial charge < -0.3 is 10.6 Å². The molecule has 0 aliphatic rings. The molecule has 0 bridgehead atoms. The lowest BCUT2D eigenvalue weighted by atomic mass is 9.96. The van der Waals surface area contributed by atoms with Gasteiger partial charge in [0, 0.05) is 13.6 Å². The minimum absolute atomic E-state index is 0.00373. The van der Waals surface area contributed by atoms with Crippen LogP contribution in [-0.4, -0.2) is 28.5 Å². The second-order valence-electron chi connectivity index (χ2n) is 5.51. The zero-order valence-corrected chi connectivity index (χ0v) is 11.4. The minimum atomic E-state index is -0.469. The summed E-state index contributed by atoms with van der Waals surface area (Å²) in [5, 5.41) is 11.1. The summed E-state index contributed by atoms with van der Waals surface area (Å²) in [5.41, 5.74) is 5.75. The first-order valence-corrected chi connectivity index (χ1v) is 5.61. The van der Waals surface area contributed by atoms with Gasteiger partial charge in [-0.25, -0.2) is 4.98 Å². The molecule has 2 N–H and O–H groups in total. The van der Waals surface area contributed by atoms with Crippen LogP contribution in [0.15, 0.2) is 0 Å². The summed E-state index contributed by atoms with van der Waals surface area (Å²) in [6.07, 6.45) is 0. The maximum atomic E-state index is 11.1. The smallest absolute Gasteiger partial charge is 0.332 e. The number of anilines is 2. The number of hydrogen-bond acceptors (Lipinski definition) is 6. The van der Waals surface area contributed by atoms with Crippen LogP contribution in [0.2, 0.25) is 0 Å². The highest BCUT2D eigenvalue weighted by Crippen LogP contribution is 2.30. The normalized spacial score (nSPS) is 11.4. The topological polar surface area (TPSA) is 98.2 Å². The van der Waals surface area contributed by atoms with Crippen molar-refractivity contribution in [2.45, 2.75) is 27.7 Å². The predicted molar refractivity (Wildman–Crippen MR) is 70.6 cm³/mol. The fraction of sp³-hybridized carbons (Fsp3) is 0.636.